The second kappa shape index (κ2) is 4.60. The van der Waals surface area contributed by atoms with Crippen LogP contribution in [0, 0.1) is 17.3 Å². The molecule has 2 fully saturated rings. The number of rotatable bonds is 3. The molecule has 98 valence electrons. The van der Waals surface area contributed by atoms with Crippen LogP contribution in [0.4, 0.5) is 0 Å². The highest BCUT2D eigenvalue weighted by atomic mass is 16.2. The molecular weight excluding hydrogens is 212 g/mol. The highest BCUT2D eigenvalue weighted by Gasteiger charge is 2.41. The van der Waals surface area contributed by atoms with Gasteiger partial charge in [-0.25, -0.2) is 0 Å². The lowest BCUT2D eigenvalue weighted by Crippen LogP contribution is -2.45. The van der Waals surface area contributed by atoms with Crippen LogP contribution in [0.3, 0.4) is 0 Å². The van der Waals surface area contributed by atoms with E-state index in [1.54, 1.807) is 0 Å². The molecule has 0 saturated heterocycles. The molecule has 1 amide bonds. The molecule has 0 aromatic heterocycles. The van der Waals surface area contributed by atoms with E-state index in [4.69, 9.17) is 5.73 Å². The predicted molar refractivity (Wildman–Crippen MR) is 69.5 cm³/mol. The molecule has 1 unspecified atom stereocenters. The zero-order chi connectivity index (χ0) is 12.6. The van der Waals surface area contributed by atoms with Gasteiger partial charge in [0.15, 0.2) is 0 Å². The summed E-state index contributed by atoms with van der Waals surface area (Å²) in [6, 6.07) is 0.381. The first kappa shape index (κ1) is 12.9. The third-order valence-electron chi connectivity index (χ3n) is 4.74. The minimum absolute atomic E-state index is 0.196. The Hall–Kier alpha value is -0.570. The van der Waals surface area contributed by atoms with E-state index in [0.717, 1.165) is 25.8 Å². The summed E-state index contributed by atoms with van der Waals surface area (Å²) >= 11 is 0. The second-order valence-corrected chi connectivity index (χ2v) is 6.75. The molecule has 0 radical (unpaired) electrons. The van der Waals surface area contributed by atoms with E-state index in [2.05, 4.69) is 13.8 Å². The lowest BCUT2D eigenvalue weighted by atomic mass is 9.79. The average molecular weight is 238 g/mol. The van der Waals surface area contributed by atoms with E-state index < -0.39 is 0 Å². The number of nitrogens with two attached hydrogens (primary N) is 1. The third kappa shape index (κ3) is 2.65. The molecule has 0 spiro atoms. The van der Waals surface area contributed by atoms with Crippen LogP contribution in [0.15, 0.2) is 0 Å². The summed E-state index contributed by atoms with van der Waals surface area (Å²) in [4.78, 5) is 14.4. The molecule has 0 aromatic rings. The lowest BCUT2D eigenvalue weighted by molar-refractivity contribution is -0.138. The summed E-state index contributed by atoms with van der Waals surface area (Å²) in [5.74, 6) is 1.23. The second-order valence-electron chi connectivity index (χ2n) is 6.75. The van der Waals surface area contributed by atoms with Crippen molar-refractivity contribution in [2.24, 2.45) is 23.0 Å². The van der Waals surface area contributed by atoms with Crippen molar-refractivity contribution in [3.8, 4) is 0 Å². The minimum Gasteiger partial charge on any atom is -0.345 e. The fraction of sp³-hybridized carbons (Fsp3) is 0.929. The average Bonchev–Trinajstić information content (AvgIpc) is 2.54. The van der Waals surface area contributed by atoms with Crippen LogP contribution in [-0.4, -0.2) is 30.4 Å². The van der Waals surface area contributed by atoms with Gasteiger partial charge in [-0.1, -0.05) is 20.3 Å². The molecule has 0 bridgehead atoms. The zero-order valence-corrected chi connectivity index (χ0v) is 11.4. The fourth-order valence-electron chi connectivity index (χ4n) is 3.46. The van der Waals surface area contributed by atoms with Crippen LogP contribution < -0.4 is 5.73 Å². The highest BCUT2D eigenvalue weighted by molar-refractivity contribution is 5.79. The normalized spacial score (nSPS) is 35.4. The Morgan fingerprint density at radius 2 is 2.06 bits per heavy atom. The van der Waals surface area contributed by atoms with Gasteiger partial charge in [-0.05, 0) is 37.0 Å². The van der Waals surface area contributed by atoms with Crippen LogP contribution >= 0.6 is 0 Å². The van der Waals surface area contributed by atoms with Gasteiger partial charge in [0.25, 0.3) is 0 Å². The van der Waals surface area contributed by atoms with Crippen molar-refractivity contribution in [3.05, 3.63) is 0 Å². The smallest absolute Gasteiger partial charge is 0.225 e. The quantitative estimate of drug-likeness (QED) is 0.817. The van der Waals surface area contributed by atoms with E-state index in [-0.39, 0.29) is 11.3 Å². The van der Waals surface area contributed by atoms with Crippen molar-refractivity contribution in [1.29, 1.82) is 0 Å². The maximum atomic E-state index is 12.4. The SMILES string of the molecule is CN(CC1CC(N)C1)C(=O)C1CCCC1(C)C. The van der Waals surface area contributed by atoms with Gasteiger partial charge in [-0.15, -0.1) is 0 Å². The lowest BCUT2D eigenvalue weighted by Gasteiger charge is -2.37. The molecule has 1 atom stereocenters. The Bertz CT molecular complexity index is 295. The molecule has 2 N–H and O–H groups in total. The number of nitrogens with zero attached hydrogens (tertiary/aromatic N) is 1. The molecule has 2 saturated carbocycles. The maximum Gasteiger partial charge on any atom is 0.225 e. The number of hydrogen-bond donors (Lipinski definition) is 1. The molecule has 3 nitrogen and oxygen atoms in total. The third-order valence-corrected chi connectivity index (χ3v) is 4.74. The molecule has 0 aliphatic heterocycles. The van der Waals surface area contributed by atoms with Gasteiger partial charge < -0.3 is 10.6 Å². The fourth-order valence-corrected chi connectivity index (χ4v) is 3.46. The van der Waals surface area contributed by atoms with E-state index in [0.29, 0.717) is 17.9 Å². The van der Waals surface area contributed by atoms with Gasteiger partial charge >= 0.3 is 0 Å². The largest absolute Gasteiger partial charge is 0.345 e. The van der Waals surface area contributed by atoms with Crippen molar-refractivity contribution >= 4 is 5.91 Å². The Morgan fingerprint density at radius 3 is 2.53 bits per heavy atom. The van der Waals surface area contributed by atoms with Gasteiger partial charge in [0, 0.05) is 25.6 Å². The number of carbonyl (C=O) groups excluding carboxylic acids is 1. The topological polar surface area (TPSA) is 46.3 Å². The van der Waals surface area contributed by atoms with Crippen LogP contribution in [0.25, 0.3) is 0 Å². The highest BCUT2D eigenvalue weighted by Crippen LogP contribution is 2.43. The summed E-state index contributed by atoms with van der Waals surface area (Å²) in [5.41, 5.74) is 5.98. The van der Waals surface area contributed by atoms with Gasteiger partial charge in [-0.3, -0.25) is 4.79 Å². The molecule has 2 rings (SSSR count). The van der Waals surface area contributed by atoms with Crippen LogP contribution in [0.1, 0.15) is 46.0 Å². The summed E-state index contributed by atoms with van der Waals surface area (Å²) in [6.45, 7) is 5.37. The first-order valence-corrected chi connectivity index (χ1v) is 6.90. The molecule has 2 aliphatic rings. The number of hydrogen-bond acceptors (Lipinski definition) is 2. The number of amides is 1. The van der Waals surface area contributed by atoms with Crippen molar-refractivity contribution < 1.29 is 4.79 Å². The van der Waals surface area contributed by atoms with Crippen molar-refractivity contribution in [2.75, 3.05) is 13.6 Å². The molecular formula is C14H26N2O. The number of carbonyl (C=O) groups is 1. The van der Waals surface area contributed by atoms with Crippen molar-refractivity contribution in [2.45, 2.75) is 52.0 Å². The molecule has 17 heavy (non-hydrogen) atoms. The van der Waals surface area contributed by atoms with E-state index in [1.807, 2.05) is 11.9 Å². The molecule has 0 aromatic carbocycles. The Kier molecular flexibility index (Phi) is 3.48. The standard InChI is InChI=1S/C14H26N2O/c1-14(2)6-4-5-12(14)13(17)16(3)9-10-7-11(15)8-10/h10-12H,4-9,15H2,1-3H3. The summed E-state index contributed by atoms with van der Waals surface area (Å²) < 4.78 is 0. The Labute approximate surface area is 105 Å². The first-order valence-electron chi connectivity index (χ1n) is 6.90. The maximum absolute atomic E-state index is 12.4. The summed E-state index contributed by atoms with van der Waals surface area (Å²) in [6.07, 6.45) is 5.63. The van der Waals surface area contributed by atoms with Gasteiger partial charge in [0.1, 0.15) is 0 Å². The first-order chi connectivity index (χ1) is 7.90. The summed E-state index contributed by atoms with van der Waals surface area (Å²) in [7, 11) is 1.96. The summed E-state index contributed by atoms with van der Waals surface area (Å²) in [5, 5.41) is 0. The van der Waals surface area contributed by atoms with Crippen LogP contribution in [0.5, 0.6) is 0 Å². The van der Waals surface area contributed by atoms with Crippen molar-refractivity contribution in [3.63, 3.8) is 0 Å². The van der Waals surface area contributed by atoms with Crippen molar-refractivity contribution in [1.82, 2.24) is 4.90 Å². The van der Waals surface area contributed by atoms with Gasteiger partial charge in [-0.2, -0.15) is 0 Å². The van der Waals surface area contributed by atoms with Gasteiger partial charge in [0.05, 0.1) is 0 Å². The van der Waals surface area contributed by atoms with Crippen LogP contribution in [0.2, 0.25) is 0 Å². The zero-order valence-electron chi connectivity index (χ0n) is 11.4. The van der Waals surface area contributed by atoms with E-state index >= 15 is 0 Å². The monoisotopic (exact) mass is 238 g/mol. The van der Waals surface area contributed by atoms with E-state index in [9.17, 15) is 4.79 Å². The van der Waals surface area contributed by atoms with E-state index in [1.165, 1.54) is 12.8 Å². The van der Waals surface area contributed by atoms with Crippen LogP contribution in [-0.2, 0) is 4.79 Å². The minimum atomic E-state index is 0.196. The molecule has 3 heteroatoms. The molecule has 2 aliphatic carbocycles. The van der Waals surface area contributed by atoms with Gasteiger partial charge in [0.2, 0.25) is 5.91 Å². The Morgan fingerprint density at radius 1 is 1.41 bits per heavy atom. The Balaban J connectivity index is 1.86. The predicted octanol–water partition coefficient (Wildman–Crippen LogP) is 2.01. The molecule has 0 heterocycles.